The number of nitrogens with two attached hydrogens (primary N) is 1. The van der Waals surface area contributed by atoms with Gasteiger partial charge in [0.1, 0.15) is 6.54 Å². The van der Waals surface area contributed by atoms with Crippen molar-refractivity contribution < 1.29 is 4.79 Å². The third-order valence-corrected chi connectivity index (χ3v) is 3.76. The number of amides is 1. The first-order chi connectivity index (χ1) is 9.91. The number of hydrogen-bond donors (Lipinski definition) is 2. The lowest BCUT2D eigenvalue weighted by molar-refractivity contribution is -0.121. The highest BCUT2D eigenvalue weighted by Crippen LogP contribution is 2.14. The van der Waals surface area contributed by atoms with Gasteiger partial charge in [-0.2, -0.15) is 5.10 Å². The molecule has 0 saturated carbocycles. The molecule has 1 aromatic rings. The minimum atomic E-state index is 0.00257. The van der Waals surface area contributed by atoms with Crippen molar-refractivity contribution in [3.8, 4) is 0 Å². The van der Waals surface area contributed by atoms with Crippen LogP contribution < -0.4 is 11.1 Å². The van der Waals surface area contributed by atoms with E-state index in [-0.39, 0.29) is 12.5 Å². The summed E-state index contributed by atoms with van der Waals surface area (Å²) in [6, 6.07) is 0. The van der Waals surface area contributed by atoms with Crippen LogP contribution in [0, 0.1) is 19.8 Å². The van der Waals surface area contributed by atoms with Gasteiger partial charge in [0.2, 0.25) is 5.91 Å². The van der Waals surface area contributed by atoms with Crippen molar-refractivity contribution in [3.05, 3.63) is 11.4 Å². The highest BCUT2D eigenvalue weighted by atomic mass is 16.2. The van der Waals surface area contributed by atoms with Crippen LogP contribution >= 0.6 is 0 Å². The van der Waals surface area contributed by atoms with Crippen LogP contribution in [0.15, 0.2) is 0 Å². The van der Waals surface area contributed by atoms with Gasteiger partial charge in [-0.25, -0.2) is 0 Å². The van der Waals surface area contributed by atoms with Crippen molar-refractivity contribution in [2.24, 2.45) is 5.92 Å². The first-order valence-corrected chi connectivity index (χ1v) is 7.98. The molecular formula is C16H30N4O. The quantitative estimate of drug-likeness (QED) is 0.688. The topological polar surface area (TPSA) is 72.9 Å². The molecular weight excluding hydrogens is 264 g/mol. The predicted molar refractivity (Wildman–Crippen MR) is 87.0 cm³/mol. The lowest BCUT2D eigenvalue weighted by Crippen LogP contribution is -2.29. The normalized spacial score (nSPS) is 11.1. The third-order valence-electron chi connectivity index (χ3n) is 3.76. The predicted octanol–water partition coefficient (Wildman–Crippen LogP) is 2.80. The van der Waals surface area contributed by atoms with Gasteiger partial charge in [-0.15, -0.1) is 0 Å². The summed E-state index contributed by atoms with van der Waals surface area (Å²) in [5, 5.41) is 7.21. The summed E-state index contributed by atoms with van der Waals surface area (Å²) in [5.74, 6) is 0.792. The second-order valence-electron chi connectivity index (χ2n) is 6.19. The molecule has 0 aromatic carbocycles. The van der Waals surface area contributed by atoms with E-state index in [0.29, 0.717) is 5.69 Å². The Balaban J connectivity index is 2.15. The molecule has 0 atom stereocenters. The van der Waals surface area contributed by atoms with Crippen molar-refractivity contribution in [2.75, 3.05) is 12.3 Å². The van der Waals surface area contributed by atoms with Gasteiger partial charge < -0.3 is 11.1 Å². The zero-order valence-corrected chi connectivity index (χ0v) is 13.9. The van der Waals surface area contributed by atoms with E-state index >= 15 is 0 Å². The van der Waals surface area contributed by atoms with Gasteiger partial charge in [-0.3, -0.25) is 9.48 Å². The molecule has 5 heteroatoms. The zero-order valence-electron chi connectivity index (χ0n) is 13.9. The highest BCUT2D eigenvalue weighted by molar-refractivity contribution is 5.75. The van der Waals surface area contributed by atoms with Crippen LogP contribution in [0.5, 0.6) is 0 Å². The van der Waals surface area contributed by atoms with E-state index in [1.165, 1.54) is 25.7 Å². The Labute approximate surface area is 128 Å². The number of unbranched alkanes of at least 4 members (excludes halogenated alkanes) is 3. The number of hydrogen-bond acceptors (Lipinski definition) is 3. The molecule has 0 radical (unpaired) electrons. The Morgan fingerprint density at radius 2 is 1.90 bits per heavy atom. The number of nitrogens with one attached hydrogen (secondary N) is 1. The Hall–Kier alpha value is -1.52. The second-order valence-corrected chi connectivity index (χ2v) is 6.19. The minimum absolute atomic E-state index is 0.00257. The fourth-order valence-electron chi connectivity index (χ4n) is 2.32. The summed E-state index contributed by atoms with van der Waals surface area (Å²) in [4.78, 5) is 11.9. The van der Waals surface area contributed by atoms with Gasteiger partial charge in [-0.05, 0) is 26.2 Å². The maximum Gasteiger partial charge on any atom is 0.241 e. The molecule has 0 aliphatic carbocycles. The number of aryl methyl sites for hydroxylation is 1. The first-order valence-electron chi connectivity index (χ1n) is 7.98. The number of nitrogens with zero attached hydrogens (tertiary/aromatic N) is 2. The molecule has 1 aromatic heterocycles. The van der Waals surface area contributed by atoms with Gasteiger partial charge in [0.15, 0.2) is 0 Å². The largest absolute Gasteiger partial charge is 0.396 e. The molecule has 1 amide bonds. The number of anilines is 1. The lowest BCUT2D eigenvalue weighted by Gasteiger charge is -2.07. The van der Waals surface area contributed by atoms with E-state index < -0.39 is 0 Å². The van der Waals surface area contributed by atoms with Crippen molar-refractivity contribution in [2.45, 2.75) is 66.3 Å². The van der Waals surface area contributed by atoms with E-state index in [9.17, 15) is 4.79 Å². The summed E-state index contributed by atoms with van der Waals surface area (Å²) in [7, 11) is 0. The molecule has 0 aliphatic heterocycles. The third kappa shape index (κ3) is 6.19. The first kappa shape index (κ1) is 17.5. The van der Waals surface area contributed by atoms with E-state index in [2.05, 4.69) is 24.3 Å². The summed E-state index contributed by atoms with van der Waals surface area (Å²) in [6.45, 7) is 9.25. The summed E-state index contributed by atoms with van der Waals surface area (Å²) in [6.07, 6.45) is 6.06. The van der Waals surface area contributed by atoms with E-state index in [1.807, 2.05) is 13.8 Å². The maximum atomic E-state index is 11.9. The van der Waals surface area contributed by atoms with Gasteiger partial charge >= 0.3 is 0 Å². The van der Waals surface area contributed by atoms with Gasteiger partial charge in [0.05, 0.1) is 17.1 Å². The van der Waals surface area contributed by atoms with Crippen LogP contribution in [-0.2, 0) is 11.3 Å². The fraction of sp³-hybridized carbons (Fsp3) is 0.750. The van der Waals surface area contributed by atoms with Crippen LogP contribution in [0.2, 0.25) is 0 Å². The summed E-state index contributed by atoms with van der Waals surface area (Å²) < 4.78 is 1.67. The number of rotatable bonds is 9. The van der Waals surface area contributed by atoms with Gasteiger partial charge in [0, 0.05) is 6.54 Å². The van der Waals surface area contributed by atoms with Crippen molar-refractivity contribution in [3.63, 3.8) is 0 Å². The molecule has 21 heavy (non-hydrogen) atoms. The Morgan fingerprint density at radius 1 is 1.24 bits per heavy atom. The maximum absolute atomic E-state index is 11.9. The average molecular weight is 294 g/mol. The molecule has 1 rings (SSSR count). The van der Waals surface area contributed by atoms with Gasteiger partial charge in [-0.1, -0.05) is 39.5 Å². The Bertz CT molecular complexity index is 451. The molecule has 0 saturated heterocycles. The average Bonchev–Trinajstić information content (AvgIpc) is 2.65. The molecule has 0 fully saturated rings. The SMILES string of the molecule is Cc1nn(CC(=O)NCCCCCCC(C)C)c(C)c1N. The summed E-state index contributed by atoms with van der Waals surface area (Å²) in [5.41, 5.74) is 8.17. The highest BCUT2D eigenvalue weighted by Gasteiger charge is 2.10. The Kier molecular flexibility index (Phi) is 7.26. The zero-order chi connectivity index (χ0) is 15.8. The number of aromatic nitrogens is 2. The van der Waals surface area contributed by atoms with Crippen molar-refractivity contribution in [1.29, 1.82) is 0 Å². The number of carbonyl (C=O) groups excluding carboxylic acids is 1. The minimum Gasteiger partial charge on any atom is -0.396 e. The molecule has 1 heterocycles. The molecule has 3 N–H and O–H groups in total. The molecule has 5 nitrogen and oxygen atoms in total. The number of nitrogen functional groups attached to an aromatic ring is 1. The van der Waals surface area contributed by atoms with E-state index in [1.54, 1.807) is 4.68 Å². The fourth-order valence-corrected chi connectivity index (χ4v) is 2.32. The Morgan fingerprint density at radius 3 is 2.48 bits per heavy atom. The van der Waals surface area contributed by atoms with Crippen LogP contribution in [0.4, 0.5) is 5.69 Å². The van der Waals surface area contributed by atoms with E-state index in [0.717, 1.165) is 30.3 Å². The smallest absolute Gasteiger partial charge is 0.241 e. The van der Waals surface area contributed by atoms with Crippen molar-refractivity contribution >= 4 is 11.6 Å². The van der Waals surface area contributed by atoms with Crippen LogP contribution in [-0.4, -0.2) is 22.2 Å². The van der Waals surface area contributed by atoms with Gasteiger partial charge in [0.25, 0.3) is 0 Å². The van der Waals surface area contributed by atoms with Crippen molar-refractivity contribution in [1.82, 2.24) is 15.1 Å². The molecule has 120 valence electrons. The molecule has 0 bridgehead atoms. The summed E-state index contributed by atoms with van der Waals surface area (Å²) >= 11 is 0. The standard InChI is InChI=1S/C16H30N4O/c1-12(2)9-7-5-6-8-10-18-15(21)11-20-14(4)16(17)13(3)19-20/h12H,5-11,17H2,1-4H3,(H,18,21). The van der Waals surface area contributed by atoms with E-state index in [4.69, 9.17) is 5.73 Å². The van der Waals surface area contributed by atoms with Crippen LogP contribution in [0.25, 0.3) is 0 Å². The molecule has 0 aliphatic rings. The van der Waals surface area contributed by atoms with Crippen LogP contribution in [0.1, 0.15) is 57.3 Å². The lowest BCUT2D eigenvalue weighted by atomic mass is 10.0. The monoisotopic (exact) mass is 294 g/mol. The molecule has 0 spiro atoms. The second kappa shape index (κ2) is 8.70. The number of carbonyl (C=O) groups is 1. The molecule has 0 unspecified atom stereocenters. The van der Waals surface area contributed by atoms with Crippen LogP contribution in [0.3, 0.4) is 0 Å².